The molecule has 2 nitrogen and oxygen atoms in total. The summed E-state index contributed by atoms with van der Waals surface area (Å²) in [6, 6.07) is 9.33. The van der Waals surface area contributed by atoms with Crippen molar-refractivity contribution >= 4 is 33.8 Å². The molecule has 0 amide bonds. The van der Waals surface area contributed by atoms with Gasteiger partial charge in [0, 0.05) is 4.90 Å². The second-order valence-electron chi connectivity index (χ2n) is 2.54. The maximum absolute atomic E-state index is 11.3. The standard InChI is InChI=1S/C10H10O2S2/c1-13-9(11)7-10(12)14-8-5-3-2-4-6-8/h2-6H,7H2,1H3. The predicted octanol–water partition coefficient (Wildman–Crippen LogP) is 2.59. The number of carbonyl (C=O) groups excluding carboxylic acids is 2. The zero-order valence-corrected chi connectivity index (χ0v) is 9.36. The fourth-order valence-corrected chi connectivity index (χ4v) is 1.97. The molecule has 1 aromatic carbocycles. The lowest BCUT2D eigenvalue weighted by Gasteiger charge is -1.98. The Balaban J connectivity index is 2.46. The number of benzene rings is 1. The van der Waals surface area contributed by atoms with Gasteiger partial charge in [0.1, 0.15) is 0 Å². The third kappa shape index (κ3) is 3.98. The number of hydrogen-bond acceptors (Lipinski definition) is 4. The van der Waals surface area contributed by atoms with Crippen molar-refractivity contribution in [2.75, 3.05) is 6.26 Å². The first-order valence-corrected chi connectivity index (χ1v) is 6.09. The van der Waals surface area contributed by atoms with Crippen LogP contribution in [0.15, 0.2) is 35.2 Å². The summed E-state index contributed by atoms with van der Waals surface area (Å²) in [5, 5.41) is -0.186. The SMILES string of the molecule is CSC(=O)CC(=O)Sc1ccccc1. The molecule has 0 unspecified atom stereocenters. The maximum atomic E-state index is 11.3. The Morgan fingerprint density at radius 1 is 1.14 bits per heavy atom. The van der Waals surface area contributed by atoms with Gasteiger partial charge in [-0.1, -0.05) is 41.7 Å². The van der Waals surface area contributed by atoms with Gasteiger partial charge in [0.05, 0.1) is 6.42 Å². The summed E-state index contributed by atoms with van der Waals surface area (Å²) < 4.78 is 0. The summed E-state index contributed by atoms with van der Waals surface area (Å²) >= 11 is 2.20. The van der Waals surface area contributed by atoms with Crippen LogP contribution in [0.1, 0.15) is 6.42 Å². The van der Waals surface area contributed by atoms with Crippen molar-refractivity contribution in [2.24, 2.45) is 0 Å². The van der Waals surface area contributed by atoms with Gasteiger partial charge >= 0.3 is 0 Å². The van der Waals surface area contributed by atoms with Gasteiger partial charge in [-0.25, -0.2) is 0 Å². The summed E-state index contributed by atoms with van der Waals surface area (Å²) in [6.07, 6.45) is 1.68. The van der Waals surface area contributed by atoms with E-state index in [0.717, 1.165) is 28.4 Å². The highest BCUT2D eigenvalue weighted by Gasteiger charge is 2.09. The summed E-state index contributed by atoms with van der Waals surface area (Å²) in [5.74, 6) is 0. The second kappa shape index (κ2) is 5.88. The molecule has 0 bridgehead atoms. The largest absolute Gasteiger partial charge is 0.287 e. The highest BCUT2D eigenvalue weighted by atomic mass is 32.2. The highest BCUT2D eigenvalue weighted by molar-refractivity contribution is 8.15. The first-order valence-electron chi connectivity index (χ1n) is 4.05. The van der Waals surface area contributed by atoms with Gasteiger partial charge < -0.3 is 0 Å². The van der Waals surface area contributed by atoms with Gasteiger partial charge in [-0.15, -0.1) is 0 Å². The molecule has 0 fully saturated rings. The molecular formula is C10H10O2S2. The monoisotopic (exact) mass is 226 g/mol. The molecular weight excluding hydrogens is 216 g/mol. The summed E-state index contributed by atoms with van der Waals surface area (Å²) in [4.78, 5) is 23.1. The maximum Gasteiger partial charge on any atom is 0.201 e. The van der Waals surface area contributed by atoms with Crippen molar-refractivity contribution in [1.82, 2.24) is 0 Å². The lowest BCUT2D eigenvalue weighted by atomic mass is 10.4. The summed E-state index contributed by atoms with van der Waals surface area (Å²) in [5.41, 5.74) is 0. The molecule has 0 saturated heterocycles. The Labute approximate surface area is 91.5 Å². The Morgan fingerprint density at radius 3 is 2.36 bits per heavy atom. The molecule has 4 heteroatoms. The second-order valence-corrected chi connectivity index (χ2v) is 4.53. The van der Waals surface area contributed by atoms with Crippen LogP contribution < -0.4 is 0 Å². The van der Waals surface area contributed by atoms with E-state index in [1.54, 1.807) is 6.26 Å². The normalized spacial score (nSPS) is 9.79. The fraction of sp³-hybridized carbons (Fsp3) is 0.200. The van der Waals surface area contributed by atoms with Crippen molar-refractivity contribution in [1.29, 1.82) is 0 Å². The number of hydrogen-bond donors (Lipinski definition) is 0. The van der Waals surface area contributed by atoms with Crippen LogP contribution in [0.4, 0.5) is 0 Å². The van der Waals surface area contributed by atoms with E-state index < -0.39 is 0 Å². The minimum absolute atomic E-state index is 0.000722. The van der Waals surface area contributed by atoms with E-state index >= 15 is 0 Å². The van der Waals surface area contributed by atoms with Crippen LogP contribution in [0.5, 0.6) is 0 Å². The minimum Gasteiger partial charge on any atom is -0.287 e. The van der Waals surface area contributed by atoms with E-state index in [0.29, 0.717) is 0 Å². The number of rotatable bonds is 3. The third-order valence-electron chi connectivity index (χ3n) is 1.49. The Morgan fingerprint density at radius 2 is 1.79 bits per heavy atom. The molecule has 0 aliphatic heterocycles. The van der Waals surface area contributed by atoms with Gasteiger partial charge in [-0.05, 0) is 18.4 Å². The van der Waals surface area contributed by atoms with Crippen LogP contribution in [0.25, 0.3) is 0 Å². The van der Waals surface area contributed by atoms with Crippen molar-refractivity contribution in [2.45, 2.75) is 11.3 Å². The summed E-state index contributed by atoms with van der Waals surface area (Å²) in [7, 11) is 0. The van der Waals surface area contributed by atoms with Crippen LogP contribution >= 0.6 is 23.5 Å². The Hall–Kier alpha value is -0.740. The van der Waals surface area contributed by atoms with Gasteiger partial charge in [0.15, 0.2) is 5.12 Å². The average molecular weight is 226 g/mol. The Bertz CT molecular complexity index is 322. The molecule has 1 aromatic rings. The van der Waals surface area contributed by atoms with Crippen LogP contribution in [-0.4, -0.2) is 16.5 Å². The van der Waals surface area contributed by atoms with Crippen LogP contribution in [-0.2, 0) is 9.59 Å². The van der Waals surface area contributed by atoms with Gasteiger partial charge in [0.25, 0.3) is 0 Å². The van der Waals surface area contributed by atoms with Crippen molar-refractivity contribution in [3.8, 4) is 0 Å². The quantitative estimate of drug-likeness (QED) is 0.586. The topological polar surface area (TPSA) is 34.1 Å². The number of thioether (sulfide) groups is 2. The molecule has 14 heavy (non-hydrogen) atoms. The van der Waals surface area contributed by atoms with Crippen LogP contribution in [0, 0.1) is 0 Å². The minimum atomic E-state index is -0.101. The van der Waals surface area contributed by atoms with Crippen LogP contribution in [0.2, 0.25) is 0 Å². The van der Waals surface area contributed by atoms with E-state index in [4.69, 9.17) is 0 Å². The van der Waals surface area contributed by atoms with E-state index in [2.05, 4.69) is 0 Å². The smallest absolute Gasteiger partial charge is 0.201 e. The molecule has 0 aliphatic rings. The van der Waals surface area contributed by atoms with Gasteiger partial charge in [-0.3, -0.25) is 9.59 Å². The highest BCUT2D eigenvalue weighted by Crippen LogP contribution is 2.20. The Kier molecular flexibility index (Phi) is 4.76. The van der Waals surface area contributed by atoms with E-state index in [1.165, 1.54) is 0 Å². The zero-order valence-electron chi connectivity index (χ0n) is 7.73. The molecule has 0 atom stereocenters. The first kappa shape index (κ1) is 11.3. The average Bonchev–Trinajstić information content (AvgIpc) is 2.19. The van der Waals surface area contributed by atoms with Crippen molar-refractivity contribution in [3.05, 3.63) is 30.3 Å². The van der Waals surface area contributed by atoms with E-state index in [-0.39, 0.29) is 16.7 Å². The van der Waals surface area contributed by atoms with Crippen molar-refractivity contribution < 1.29 is 9.59 Å². The lowest BCUT2D eigenvalue weighted by molar-refractivity contribution is -0.117. The zero-order chi connectivity index (χ0) is 10.4. The van der Waals surface area contributed by atoms with Gasteiger partial charge in [0.2, 0.25) is 5.12 Å². The lowest BCUT2D eigenvalue weighted by Crippen LogP contribution is -1.99. The first-order chi connectivity index (χ1) is 6.72. The third-order valence-corrected chi connectivity index (χ3v) is 2.97. The van der Waals surface area contributed by atoms with E-state index in [1.807, 2.05) is 30.3 Å². The molecule has 0 heterocycles. The predicted molar refractivity (Wildman–Crippen MR) is 60.4 cm³/mol. The summed E-state index contributed by atoms with van der Waals surface area (Å²) in [6.45, 7) is 0. The molecule has 1 rings (SSSR count). The molecule has 0 radical (unpaired) electrons. The molecule has 0 saturated carbocycles. The van der Waals surface area contributed by atoms with E-state index in [9.17, 15) is 9.59 Å². The van der Waals surface area contributed by atoms with Gasteiger partial charge in [-0.2, -0.15) is 0 Å². The fourth-order valence-electron chi connectivity index (χ4n) is 0.846. The molecule has 74 valence electrons. The van der Waals surface area contributed by atoms with Crippen molar-refractivity contribution in [3.63, 3.8) is 0 Å². The molecule has 0 spiro atoms. The number of carbonyl (C=O) groups is 2. The molecule has 0 aromatic heterocycles. The van der Waals surface area contributed by atoms with Crippen LogP contribution in [0.3, 0.4) is 0 Å². The molecule has 0 aliphatic carbocycles. The molecule has 0 N–H and O–H groups in total.